The molecule has 128 valence electrons. The SMILES string of the molecule is C=CCC1(Oc2cc3cc[nH]c(=O)c3cc2Cl)CCC(CCN)C1. The van der Waals surface area contributed by atoms with Crippen molar-refractivity contribution < 1.29 is 4.74 Å². The minimum atomic E-state index is -0.278. The van der Waals surface area contributed by atoms with Crippen LogP contribution in [0.15, 0.2) is 41.8 Å². The fraction of sp³-hybridized carbons (Fsp3) is 0.421. The molecular weight excluding hydrogens is 324 g/mol. The van der Waals surface area contributed by atoms with Gasteiger partial charge in [0, 0.05) is 18.0 Å². The number of ether oxygens (including phenoxy) is 1. The lowest BCUT2D eigenvalue weighted by molar-refractivity contribution is 0.0747. The summed E-state index contributed by atoms with van der Waals surface area (Å²) in [6.45, 7) is 4.59. The van der Waals surface area contributed by atoms with Crippen LogP contribution in [-0.4, -0.2) is 17.1 Å². The van der Waals surface area contributed by atoms with Crippen LogP contribution in [-0.2, 0) is 0 Å². The molecule has 0 aliphatic heterocycles. The number of benzene rings is 1. The van der Waals surface area contributed by atoms with Crippen LogP contribution in [0.5, 0.6) is 5.75 Å². The van der Waals surface area contributed by atoms with E-state index in [0.29, 0.717) is 28.6 Å². The molecule has 0 spiro atoms. The van der Waals surface area contributed by atoms with E-state index in [2.05, 4.69) is 11.6 Å². The van der Waals surface area contributed by atoms with Crippen LogP contribution < -0.4 is 16.0 Å². The van der Waals surface area contributed by atoms with Gasteiger partial charge in [-0.25, -0.2) is 0 Å². The summed E-state index contributed by atoms with van der Waals surface area (Å²) in [6, 6.07) is 5.39. The summed E-state index contributed by atoms with van der Waals surface area (Å²) in [4.78, 5) is 14.5. The smallest absolute Gasteiger partial charge is 0.255 e. The molecule has 1 aromatic heterocycles. The predicted molar refractivity (Wildman–Crippen MR) is 98.8 cm³/mol. The molecule has 0 saturated heterocycles. The van der Waals surface area contributed by atoms with Crippen molar-refractivity contribution in [3.63, 3.8) is 0 Å². The summed E-state index contributed by atoms with van der Waals surface area (Å²) in [5, 5.41) is 1.85. The largest absolute Gasteiger partial charge is 0.485 e. The Bertz CT molecular complexity index is 802. The van der Waals surface area contributed by atoms with Gasteiger partial charge in [-0.05, 0) is 61.7 Å². The third-order valence-electron chi connectivity index (χ3n) is 4.91. The molecule has 2 atom stereocenters. The number of halogens is 1. The molecule has 5 heteroatoms. The van der Waals surface area contributed by atoms with Gasteiger partial charge in [-0.1, -0.05) is 17.7 Å². The molecule has 1 aliphatic rings. The third-order valence-corrected chi connectivity index (χ3v) is 5.21. The highest BCUT2D eigenvalue weighted by Crippen LogP contribution is 2.43. The third kappa shape index (κ3) is 3.35. The van der Waals surface area contributed by atoms with E-state index in [0.717, 1.165) is 37.5 Å². The molecule has 2 unspecified atom stereocenters. The minimum Gasteiger partial charge on any atom is -0.485 e. The number of nitrogens with two attached hydrogens (primary N) is 1. The molecule has 1 fully saturated rings. The number of hydrogen-bond acceptors (Lipinski definition) is 3. The maximum absolute atomic E-state index is 11.9. The predicted octanol–water partition coefficient (Wildman–Crippen LogP) is 4.02. The number of aromatic nitrogens is 1. The lowest BCUT2D eigenvalue weighted by Crippen LogP contribution is -2.33. The number of aromatic amines is 1. The van der Waals surface area contributed by atoms with Crippen molar-refractivity contribution in [1.29, 1.82) is 0 Å². The Morgan fingerprint density at radius 1 is 1.50 bits per heavy atom. The molecule has 1 heterocycles. The second kappa shape index (κ2) is 6.99. The maximum atomic E-state index is 11.9. The van der Waals surface area contributed by atoms with Gasteiger partial charge in [0.2, 0.25) is 0 Å². The normalized spacial score (nSPS) is 23.5. The number of H-pyrrole nitrogens is 1. The molecule has 3 rings (SSSR count). The standard InChI is InChI=1S/C19H23ClN2O2/c1-2-6-19(7-3-13(12-19)4-8-21)24-17-10-14-5-9-22-18(23)15(14)11-16(17)20/h2,5,9-11,13H,1,3-4,6-8,12,21H2,(H,22,23). The lowest BCUT2D eigenvalue weighted by Gasteiger charge is -2.30. The van der Waals surface area contributed by atoms with E-state index in [4.69, 9.17) is 22.1 Å². The molecule has 1 aliphatic carbocycles. The monoisotopic (exact) mass is 346 g/mol. The summed E-state index contributed by atoms with van der Waals surface area (Å²) in [7, 11) is 0. The number of rotatable bonds is 6. The van der Waals surface area contributed by atoms with Crippen molar-refractivity contribution in [1.82, 2.24) is 4.98 Å². The molecular formula is C19H23ClN2O2. The molecule has 2 aromatic rings. The first kappa shape index (κ1) is 17.1. The average molecular weight is 347 g/mol. The van der Waals surface area contributed by atoms with E-state index < -0.39 is 0 Å². The Kier molecular flexibility index (Phi) is 4.97. The van der Waals surface area contributed by atoms with Gasteiger partial charge in [0.1, 0.15) is 11.4 Å². The first-order chi connectivity index (χ1) is 11.6. The van der Waals surface area contributed by atoms with Gasteiger partial charge in [0.15, 0.2) is 0 Å². The van der Waals surface area contributed by atoms with Crippen molar-refractivity contribution in [2.24, 2.45) is 11.7 Å². The van der Waals surface area contributed by atoms with E-state index in [1.54, 1.807) is 12.3 Å². The Hall–Kier alpha value is -1.78. The zero-order valence-electron chi connectivity index (χ0n) is 13.7. The summed E-state index contributed by atoms with van der Waals surface area (Å²) < 4.78 is 6.40. The molecule has 4 nitrogen and oxygen atoms in total. The van der Waals surface area contributed by atoms with E-state index in [1.807, 2.05) is 18.2 Å². The van der Waals surface area contributed by atoms with Crippen LogP contribution in [0, 0.1) is 5.92 Å². The molecule has 24 heavy (non-hydrogen) atoms. The van der Waals surface area contributed by atoms with Crippen LogP contribution in [0.2, 0.25) is 5.02 Å². The van der Waals surface area contributed by atoms with Gasteiger partial charge in [0.25, 0.3) is 5.56 Å². The first-order valence-electron chi connectivity index (χ1n) is 8.38. The summed E-state index contributed by atoms with van der Waals surface area (Å²) >= 11 is 6.39. The molecule has 1 saturated carbocycles. The van der Waals surface area contributed by atoms with Crippen molar-refractivity contribution in [3.05, 3.63) is 52.4 Å². The van der Waals surface area contributed by atoms with E-state index in [9.17, 15) is 4.79 Å². The van der Waals surface area contributed by atoms with Gasteiger partial charge in [-0.3, -0.25) is 4.79 Å². The Labute approximate surface area is 146 Å². The Morgan fingerprint density at radius 3 is 3.08 bits per heavy atom. The number of hydrogen-bond donors (Lipinski definition) is 2. The zero-order valence-corrected chi connectivity index (χ0v) is 14.4. The van der Waals surface area contributed by atoms with Crippen molar-refractivity contribution in [2.75, 3.05) is 6.54 Å². The van der Waals surface area contributed by atoms with Gasteiger partial charge in [-0.2, -0.15) is 0 Å². The lowest BCUT2D eigenvalue weighted by atomic mass is 9.94. The summed E-state index contributed by atoms with van der Waals surface area (Å²) in [5.41, 5.74) is 5.28. The summed E-state index contributed by atoms with van der Waals surface area (Å²) in [5.74, 6) is 1.21. The van der Waals surface area contributed by atoms with Crippen LogP contribution in [0.3, 0.4) is 0 Å². The highest BCUT2D eigenvalue weighted by Gasteiger charge is 2.40. The second-order valence-corrected chi connectivity index (χ2v) is 7.05. The second-order valence-electron chi connectivity index (χ2n) is 6.64. The van der Waals surface area contributed by atoms with Gasteiger partial charge >= 0.3 is 0 Å². The summed E-state index contributed by atoms with van der Waals surface area (Å²) in [6.07, 6.45) is 8.36. The van der Waals surface area contributed by atoms with Gasteiger partial charge in [-0.15, -0.1) is 6.58 Å². The van der Waals surface area contributed by atoms with Crippen LogP contribution in [0.4, 0.5) is 0 Å². The van der Waals surface area contributed by atoms with Crippen LogP contribution >= 0.6 is 11.6 Å². The molecule has 3 N–H and O–H groups in total. The van der Waals surface area contributed by atoms with Crippen molar-refractivity contribution in [2.45, 2.75) is 37.7 Å². The molecule has 0 radical (unpaired) electrons. The van der Waals surface area contributed by atoms with Gasteiger partial charge < -0.3 is 15.5 Å². The topological polar surface area (TPSA) is 68.1 Å². The van der Waals surface area contributed by atoms with Gasteiger partial charge in [0.05, 0.1) is 5.02 Å². The van der Waals surface area contributed by atoms with E-state index in [-0.39, 0.29) is 11.2 Å². The maximum Gasteiger partial charge on any atom is 0.255 e. The molecule has 0 amide bonds. The highest BCUT2D eigenvalue weighted by atomic mass is 35.5. The van der Waals surface area contributed by atoms with Crippen LogP contribution in [0.25, 0.3) is 10.8 Å². The fourth-order valence-electron chi connectivity index (χ4n) is 3.76. The fourth-order valence-corrected chi connectivity index (χ4v) is 3.96. The minimum absolute atomic E-state index is 0.148. The molecule has 0 bridgehead atoms. The zero-order chi connectivity index (χ0) is 17.2. The highest BCUT2D eigenvalue weighted by molar-refractivity contribution is 6.32. The van der Waals surface area contributed by atoms with Crippen LogP contribution in [0.1, 0.15) is 32.1 Å². The number of pyridine rings is 1. The van der Waals surface area contributed by atoms with Crippen molar-refractivity contribution >= 4 is 22.4 Å². The Balaban J connectivity index is 1.93. The number of fused-ring (bicyclic) bond motifs is 1. The van der Waals surface area contributed by atoms with E-state index >= 15 is 0 Å². The quantitative estimate of drug-likeness (QED) is 0.776. The Morgan fingerprint density at radius 2 is 2.33 bits per heavy atom. The number of nitrogens with one attached hydrogen (secondary N) is 1. The van der Waals surface area contributed by atoms with Crippen molar-refractivity contribution in [3.8, 4) is 5.75 Å². The van der Waals surface area contributed by atoms with E-state index in [1.165, 1.54) is 0 Å². The first-order valence-corrected chi connectivity index (χ1v) is 8.75. The average Bonchev–Trinajstić information content (AvgIpc) is 2.93. The molecule has 1 aromatic carbocycles.